The fourth-order valence-electron chi connectivity index (χ4n) is 4.56. The van der Waals surface area contributed by atoms with E-state index in [9.17, 15) is 17.6 Å². The topological polar surface area (TPSA) is 113 Å². The lowest BCUT2D eigenvalue weighted by Gasteiger charge is -2.26. The van der Waals surface area contributed by atoms with E-state index in [1.54, 1.807) is 38.6 Å². The second-order valence-corrected chi connectivity index (χ2v) is 13.9. The van der Waals surface area contributed by atoms with Gasteiger partial charge in [-0.25, -0.2) is 31.7 Å². The summed E-state index contributed by atoms with van der Waals surface area (Å²) in [4.78, 5) is 16.0. The molecule has 10 nitrogen and oxygen atoms in total. The lowest BCUT2D eigenvalue weighted by molar-refractivity contribution is -0.0396. The summed E-state index contributed by atoms with van der Waals surface area (Å²) in [5.41, 5.74) is 1.71. The van der Waals surface area contributed by atoms with Gasteiger partial charge in [-0.3, -0.25) is 0 Å². The van der Waals surface area contributed by atoms with Gasteiger partial charge in [-0.1, -0.05) is 11.6 Å². The minimum absolute atomic E-state index is 0.119. The van der Waals surface area contributed by atoms with Gasteiger partial charge in [-0.15, -0.1) is 15.6 Å². The van der Waals surface area contributed by atoms with Crippen LogP contribution in [-0.4, -0.2) is 41.5 Å². The molecular formula is C29H29ClF2N4O6S2. The highest BCUT2D eigenvalue weighted by atomic mass is 35.5. The van der Waals surface area contributed by atoms with Crippen LogP contribution in [0.5, 0.6) is 11.5 Å². The van der Waals surface area contributed by atoms with Crippen molar-refractivity contribution in [2.45, 2.75) is 63.7 Å². The van der Waals surface area contributed by atoms with Gasteiger partial charge >= 0.3 is 6.09 Å². The average molecular weight is 667 g/mol. The van der Waals surface area contributed by atoms with Crippen LogP contribution in [0.1, 0.15) is 52.0 Å². The van der Waals surface area contributed by atoms with E-state index < -0.39 is 38.2 Å². The summed E-state index contributed by atoms with van der Waals surface area (Å²) in [6.07, 6.45) is 2.94. The van der Waals surface area contributed by atoms with Gasteiger partial charge in [0.05, 0.1) is 16.2 Å². The molecule has 0 radical (unpaired) electrons. The van der Waals surface area contributed by atoms with Crippen LogP contribution in [0, 0.1) is 18.6 Å². The maximum absolute atomic E-state index is 15.6. The molecule has 0 N–H and O–H groups in total. The van der Waals surface area contributed by atoms with Crippen LogP contribution < -0.4 is 9.04 Å². The van der Waals surface area contributed by atoms with Crippen LogP contribution in [0.2, 0.25) is 5.02 Å². The summed E-state index contributed by atoms with van der Waals surface area (Å²) >= 11 is 7.46. The normalized spacial score (nSPS) is 15.7. The number of hydrogen-bond acceptors (Lipinski definition) is 9. The molecular weight excluding hydrogens is 638 g/mol. The van der Waals surface area contributed by atoms with Gasteiger partial charge in [-0.2, -0.15) is 5.10 Å². The highest BCUT2D eigenvalue weighted by Crippen LogP contribution is 2.40. The molecule has 1 atom stereocenters. The first-order chi connectivity index (χ1) is 20.7. The zero-order chi connectivity index (χ0) is 31.8. The molecule has 2 aromatic carbocycles. The van der Waals surface area contributed by atoms with E-state index in [4.69, 9.17) is 25.8 Å². The number of ether oxygens (including phenoxy) is 3. The summed E-state index contributed by atoms with van der Waals surface area (Å²) in [6, 6.07) is 5.38. The number of carbonyl (C=O) groups excluding carboxylic acids is 1. The van der Waals surface area contributed by atoms with Crippen molar-refractivity contribution in [1.82, 2.24) is 14.8 Å². The van der Waals surface area contributed by atoms with E-state index in [0.717, 1.165) is 42.7 Å². The predicted molar refractivity (Wildman–Crippen MR) is 161 cm³/mol. The third-order valence-corrected chi connectivity index (χ3v) is 9.07. The molecule has 0 spiro atoms. The Morgan fingerprint density at radius 1 is 1.16 bits per heavy atom. The summed E-state index contributed by atoms with van der Waals surface area (Å²) in [6.45, 7) is 7.04. The van der Waals surface area contributed by atoms with Crippen LogP contribution in [0.15, 0.2) is 52.3 Å². The maximum atomic E-state index is 15.6. The number of halogens is 3. The molecule has 1 saturated heterocycles. The molecule has 1 fully saturated rings. The lowest BCUT2D eigenvalue weighted by atomic mass is 10.1. The van der Waals surface area contributed by atoms with E-state index in [-0.39, 0.29) is 32.9 Å². The number of rotatable bonds is 7. The highest BCUT2D eigenvalue weighted by Gasteiger charge is 2.38. The smallest absolute Gasteiger partial charge is 0.430 e. The Morgan fingerprint density at radius 3 is 2.59 bits per heavy atom. The Balaban J connectivity index is 1.50. The molecule has 4 aromatic rings. The van der Waals surface area contributed by atoms with Crippen molar-refractivity contribution in [2.24, 2.45) is 0 Å². The zero-order valence-electron chi connectivity index (χ0n) is 24.2. The van der Waals surface area contributed by atoms with E-state index in [0.29, 0.717) is 23.4 Å². The minimum atomic E-state index is -4.89. The van der Waals surface area contributed by atoms with Crippen molar-refractivity contribution in [1.29, 1.82) is 0 Å². The van der Waals surface area contributed by atoms with Crippen molar-refractivity contribution in [2.75, 3.05) is 10.9 Å². The van der Waals surface area contributed by atoms with Crippen LogP contribution in [-0.2, 0) is 19.5 Å². The number of anilines is 1. The van der Waals surface area contributed by atoms with Gasteiger partial charge < -0.3 is 14.2 Å². The fraction of sp³-hybridized carbons (Fsp3) is 0.345. The Bertz CT molecular complexity index is 1790. The number of nitrogens with zero attached hydrogens (tertiary/aromatic N) is 4. The number of sulfonamides is 1. The maximum Gasteiger partial charge on any atom is 0.430 e. The summed E-state index contributed by atoms with van der Waals surface area (Å²) in [5, 5.41) is 5.56. The van der Waals surface area contributed by atoms with E-state index in [1.807, 2.05) is 0 Å². The number of aryl methyl sites for hydroxylation is 1. The highest BCUT2D eigenvalue weighted by molar-refractivity contribution is 7.93. The van der Waals surface area contributed by atoms with E-state index in [2.05, 4.69) is 10.1 Å². The minimum Gasteiger partial charge on any atom is -0.455 e. The average Bonchev–Trinajstić information content (AvgIpc) is 3.61. The molecule has 2 aromatic heterocycles. The van der Waals surface area contributed by atoms with Crippen molar-refractivity contribution in [3.05, 3.63) is 69.8 Å². The quantitative estimate of drug-likeness (QED) is 0.196. The number of amides is 1. The molecule has 44 heavy (non-hydrogen) atoms. The third kappa shape index (κ3) is 6.72. The van der Waals surface area contributed by atoms with Crippen molar-refractivity contribution in [3.8, 4) is 22.6 Å². The number of benzene rings is 2. The van der Waals surface area contributed by atoms with Crippen LogP contribution >= 0.6 is 22.9 Å². The summed E-state index contributed by atoms with van der Waals surface area (Å²) in [7, 11) is -4.89. The number of carbonyl (C=O) groups is 1. The van der Waals surface area contributed by atoms with E-state index >= 15 is 4.39 Å². The monoisotopic (exact) mass is 666 g/mol. The first-order valence-corrected chi connectivity index (χ1v) is 16.3. The lowest BCUT2D eigenvalue weighted by Crippen LogP contribution is -2.41. The molecule has 5 rings (SSSR count). The van der Waals surface area contributed by atoms with Gasteiger partial charge in [0.15, 0.2) is 5.82 Å². The predicted octanol–water partition coefficient (Wildman–Crippen LogP) is 7.87. The Labute approximate surface area is 262 Å². The number of aromatic nitrogens is 3. The Hall–Kier alpha value is -3.59. The second kappa shape index (κ2) is 12.4. The van der Waals surface area contributed by atoms with Gasteiger partial charge in [-0.05, 0) is 71.2 Å². The van der Waals surface area contributed by atoms with Crippen molar-refractivity contribution < 1.29 is 36.2 Å². The van der Waals surface area contributed by atoms with Crippen LogP contribution in [0.3, 0.4) is 0 Å². The molecule has 1 aliphatic heterocycles. The summed E-state index contributed by atoms with van der Waals surface area (Å²) < 4.78 is 76.3. The van der Waals surface area contributed by atoms with Gasteiger partial charge in [0.1, 0.15) is 39.9 Å². The van der Waals surface area contributed by atoms with Crippen LogP contribution in [0.4, 0.5) is 19.4 Å². The van der Waals surface area contributed by atoms with Gasteiger partial charge in [0.2, 0.25) is 0 Å². The standard InChI is InChI=1S/C29H29ClF2N4O6S2/c1-17-20(14-35(34-17)27-7-5-6-10-40-27)19-11-18(31)8-9-23(19)41-24-13-22(32)25(12-21(24)30)44(38,39)36(26-15-43-16-33-26)28(37)42-29(2,3)4/h8-9,11-16,27H,5-7,10H2,1-4H3. The third-order valence-electron chi connectivity index (χ3n) is 6.51. The molecule has 0 aliphatic carbocycles. The molecule has 1 unspecified atom stereocenters. The first-order valence-electron chi connectivity index (χ1n) is 13.6. The summed E-state index contributed by atoms with van der Waals surface area (Å²) in [5.74, 6) is -2.19. The van der Waals surface area contributed by atoms with E-state index in [1.165, 1.54) is 29.1 Å². The van der Waals surface area contributed by atoms with Gasteiger partial charge in [0.25, 0.3) is 10.0 Å². The van der Waals surface area contributed by atoms with Crippen molar-refractivity contribution in [3.63, 3.8) is 0 Å². The Morgan fingerprint density at radius 2 is 1.93 bits per heavy atom. The molecule has 234 valence electrons. The molecule has 0 saturated carbocycles. The number of thiazole rings is 1. The second-order valence-electron chi connectivity index (χ2n) is 11.0. The van der Waals surface area contributed by atoms with Crippen LogP contribution in [0.25, 0.3) is 11.1 Å². The molecule has 3 heterocycles. The largest absolute Gasteiger partial charge is 0.455 e. The number of hydrogen-bond donors (Lipinski definition) is 0. The molecule has 1 amide bonds. The SMILES string of the molecule is Cc1nn(C2CCCCO2)cc1-c1cc(F)ccc1Oc1cc(F)c(S(=O)(=O)N(C(=O)OC(C)(C)C)c2cscn2)cc1Cl. The molecule has 1 aliphatic rings. The Kier molecular flexibility index (Phi) is 8.99. The fourth-order valence-corrected chi connectivity index (χ4v) is 6.76. The zero-order valence-corrected chi connectivity index (χ0v) is 26.6. The molecule has 15 heteroatoms. The van der Waals surface area contributed by atoms with Gasteiger partial charge in [0, 0.05) is 35.4 Å². The first kappa shape index (κ1) is 31.8. The van der Waals surface area contributed by atoms with Crippen molar-refractivity contribution >= 4 is 44.9 Å². The molecule has 0 bridgehead atoms.